The standard InChI is InChI=1S/C15H19F3N2O/c1-2-3-14(20-10-8-19-9-11-20)12-4-6-13(7-5-12)21-15(16,17)18/h2,4-7,14,19H,1,3,8-11H2/t14-/m0/s1. The summed E-state index contributed by atoms with van der Waals surface area (Å²) in [6, 6.07) is 6.25. The fourth-order valence-electron chi connectivity index (χ4n) is 2.54. The summed E-state index contributed by atoms with van der Waals surface area (Å²) in [5.74, 6) is -0.191. The highest BCUT2D eigenvalue weighted by Gasteiger charge is 2.31. The smallest absolute Gasteiger partial charge is 0.406 e. The molecular formula is C15H19F3N2O. The van der Waals surface area contributed by atoms with Gasteiger partial charge in [-0.3, -0.25) is 4.90 Å². The van der Waals surface area contributed by atoms with Crippen molar-refractivity contribution in [2.24, 2.45) is 0 Å². The Hall–Kier alpha value is -1.53. The lowest BCUT2D eigenvalue weighted by atomic mass is 10.0. The van der Waals surface area contributed by atoms with Gasteiger partial charge >= 0.3 is 6.36 Å². The van der Waals surface area contributed by atoms with Gasteiger partial charge in [0.2, 0.25) is 0 Å². The van der Waals surface area contributed by atoms with Gasteiger partial charge in [0.1, 0.15) is 5.75 Å². The minimum Gasteiger partial charge on any atom is -0.406 e. The molecule has 3 nitrogen and oxygen atoms in total. The zero-order chi connectivity index (χ0) is 15.3. The zero-order valence-electron chi connectivity index (χ0n) is 11.7. The highest BCUT2D eigenvalue weighted by atomic mass is 19.4. The van der Waals surface area contributed by atoms with Gasteiger partial charge in [-0.25, -0.2) is 0 Å². The summed E-state index contributed by atoms with van der Waals surface area (Å²) in [5.41, 5.74) is 0.978. The molecule has 6 heteroatoms. The summed E-state index contributed by atoms with van der Waals surface area (Å²) in [5, 5.41) is 3.29. The molecular weight excluding hydrogens is 281 g/mol. The molecule has 1 aromatic carbocycles. The summed E-state index contributed by atoms with van der Waals surface area (Å²) < 4.78 is 40.4. The van der Waals surface area contributed by atoms with Crippen molar-refractivity contribution in [3.63, 3.8) is 0 Å². The van der Waals surface area contributed by atoms with Crippen LogP contribution < -0.4 is 10.1 Å². The maximum Gasteiger partial charge on any atom is 0.573 e. The third-order valence-electron chi connectivity index (χ3n) is 3.48. The fraction of sp³-hybridized carbons (Fsp3) is 0.467. The van der Waals surface area contributed by atoms with Gasteiger partial charge in [0, 0.05) is 32.2 Å². The van der Waals surface area contributed by atoms with Crippen LogP contribution in [0.4, 0.5) is 13.2 Å². The van der Waals surface area contributed by atoms with Crippen molar-refractivity contribution in [2.75, 3.05) is 26.2 Å². The molecule has 0 amide bonds. The number of nitrogens with one attached hydrogen (secondary N) is 1. The number of hydrogen-bond donors (Lipinski definition) is 1. The van der Waals surface area contributed by atoms with Gasteiger partial charge in [-0.1, -0.05) is 18.2 Å². The molecule has 2 rings (SSSR count). The molecule has 1 atom stereocenters. The van der Waals surface area contributed by atoms with Crippen LogP contribution in [0.25, 0.3) is 0 Å². The first-order valence-electron chi connectivity index (χ1n) is 6.91. The summed E-state index contributed by atoms with van der Waals surface area (Å²) in [6.07, 6.45) is -2.05. The fourth-order valence-corrected chi connectivity index (χ4v) is 2.54. The number of rotatable bonds is 5. The molecule has 0 radical (unpaired) electrons. The molecule has 0 spiro atoms. The minimum absolute atomic E-state index is 0.143. The first-order valence-corrected chi connectivity index (χ1v) is 6.91. The average molecular weight is 300 g/mol. The molecule has 116 valence electrons. The van der Waals surface area contributed by atoms with Gasteiger partial charge in [0.15, 0.2) is 0 Å². The Labute approximate surface area is 122 Å². The predicted octanol–water partition coefficient (Wildman–Crippen LogP) is 3.11. The van der Waals surface area contributed by atoms with E-state index in [2.05, 4.69) is 21.5 Å². The van der Waals surface area contributed by atoms with Gasteiger partial charge in [-0.15, -0.1) is 19.8 Å². The quantitative estimate of drug-likeness (QED) is 0.846. The Morgan fingerprint density at radius 3 is 2.38 bits per heavy atom. The molecule has 1 heterocycles. The minimum atomic E-state index is -4.65. The molecule has 0 bridgehead atoms. The average Bonchev–Trinajstić information content (AvgIpc) is 2.45. The van der Waals surface area contributed by atoms with Crippen LogP contribution in [0.2, 0.25) is 0 Å². The third-order valence-corrected chi connectivity index (χ3v) is 3.48. The van der Waals surface area contributed by atoms with Crippen molar-refractivity contribution in [3.05, 3.63) is 42.5 Å². The van der Waals surface area contributed by atoms with Crippen LogP contribution in [-0.4, -0.2) is 37.4 Å². The van der Waals surface area contributed by atoms with Gasteiger partial charge < -0.3 is 10.1 Å². The molecule has 0 aliphatic carbocycles. The van der Waals surface area contributed by atoms with Gasteiger partial charge in [0.05, 0.1) is 0 Å². The summed E-state index contributed by atoms with van der Waals surface area (Å²) in [4.78, 5) is 2.32. The van der Waals surface area contributed by atoms with E-state index in [1.54, 1.807) is 12.1 Å². The number of alkyl halides is 3. The number of benzene rings is 1. The van der Waals surface area contributed by atoms with Gasteiger partial charge in [-0.05, 0) is 24.1 Å². The second-order valence-electron chi connectivity index (χ2n) is 4.94. The molecule has 0 unspecified atom stereocenters. The normalized spacial score (nSPS) is 18.2. The molecule has 1 aliphatic rings. The monoisotopic (exact) mass is 300 g/mol. The molecule has 1 aliphatic heterocycles. The highest BCUT2D eigenvalue weighted by molar-refractivity contribution is 5.29. The Kier molecular flexibility index (Phi) is 5.25. The largest absolute Gasteiger partial charge is 0.573 e. The van der Waals surface area contributed by atoms with E-state index >= 15 is 0 Å². The molecule has 21 heavy (non-hydrogen) atoms. The van der Waals surface area contributed by atoms with Crippen molar-refractivity contribution < 1.29 is 17.9 Å². The first-order chi connectivity index (χ1) is 9.99. The maximum atomic E-state index is 12.2. The Bertz CT molecular complexity index is 453. The number of hydrogen-bond acceptors (Lipinski definition) is 3. The molecule has 0 saturated carbocycles. The van der Waals surface area contributed by atoms with Gasteiger partial charge in [-0.2, -0.15) is 0 Å². The van der Waals surface area contributed by atoms with Crippen LogP contribution in [-0.2, 0) is 0 Å². The highest BCUT2D eigenvalue weighted by Crippen LogP contribution is 2.28. The van der Waals surface area contributed by atoms with E-state index in [1.807, 2.05) is 6.08 Å². The predicted molar refractivity (Wildman–Crippen MR) is 75.1 cm³/mol. The molecule has 1 saturated heterocycles. The summed E-state index contributed by atoms with van der Waals surface area (Å²) >= 11 is 0. The Balaban J connectivity index is 2.10. The maximum absolute atomic E-state index is 12.2. The number of piperazine rings is 1. The van der Waals surface area contributed by atoms with E-state index in [-0.39, 0.29) is 11.8 Å². The second kappa shape index (κ2) is 6.95. The number of nitrogens with zero attached hydrogens (tertiary/aromatic N) is 1. The van der Waals surface area contributed by atoms with Gasteiger partial charge in [0.25, 0.3) is 0 Å². The topological polar surface area (TPSA) is 24.5 Å². The van der Waals surface area contributed by atoms with Crippen LogP contribution in [0.15, 0.2) is 36.9 Å². The zero-order valence-corrected chi connectivity index (χ0v) is 11.7. The lowest BCUT2D eigenvalue weighted by Crippen LogP contribution is -2.45. The van der Waals surface area contributed by atoms with Crippen LogP contribution >= 0.6 is 0 Å². The molecule has 0 aromatic heterocycles. The van der Waals surface area contributed by atoms with Crippen molar-refractivity contribution in [2.45, 2.75) is 18.8 Å². The van der Waals surface area contributed by atoms with E-state index in [9.17, 15) is 13.2 Å². The molecule has 1 aromatic rings. The Morgan fingerprint density at radius 2 is 1.86 bits per heavy atom. The van der Waals surface area contributed by atoms with Crippen LogP contribution in [0.3, 0.4) is 0 Å². The van der Waals surface area contributed by atoms with E-state index < -0.39 is 6.36 Å². The van der Waals surface area contributed by atoms with Crippen LogP contribution in [0, 0.1) is 0 Å². The molecule has 1 N–H and O–H groups in total. The van der Waals surface area contributed by atoms with Crippen LogP contribution in [0.5, 0.6) is 5.75 Å². The number of ether oxygens (including phenoxy) is 1. The van der Waals surface area contributed by atoms with Crippen molar-refractivity contribution in [1.29, 1.82) is 0 Å². The molecule has 1 fully saturated rings. The Morgan fingerprint density at radius 1 is 1.24 bits per heavy atom. The van der Waals surface area contributed by atoms with E-state index in [1.165, 1.54) is 12.1 Å². The van der Waals surface area contributed by atoms with E-state index in [0.29, 0.717) is 0 Å². The summed E-state index contributed by atoms with van der Waals surface area (Å²) in [6.45, 7) is 7.44. The lowest BCUT2D eigenvalue weighted by Gasteiger charge is -2.34. The third kappa shape index (κ3) is 4.75. The van der Waals surface area contributed by atoms with Crippen molar-refractivity contribution in [3.8, 4) is 5.75 Å². The van der Waals surface area contributed by atoms with Crippen LogP contribution in [0.1, 0.15) is 18.0 Å². The first kappa shape index (κ1) is 15.9. The lowest BCUT2D eigenvalue weighted by molar-refractivity contribution is -0.274. The second-order valence-corrected chi connectivity index (χ2v) is 4.94. The SMILES string of the molecule is C=CC[C@@H](c1ccc(OC(F)(F)F)cc1)N1CCNCC1. The van der Waals surface area contributed by atoms with Crippen molar-refractivity contribution in [1.82, 2.24) is 10.2 Å². The summed E-state index contributed by atoms with van der Waals surface area (Å²) in [7, 11) is 0. The van der Waals surface area contributed by atoms with Crippen molar-refractivity contribution >= 4 is 0 Å². The van der Waals surface area contributed by atoms with E-state index in [4.69, 9.17) is 0 Å². The number of halogens is 3. The van der Waals surface area contributed by atoms with E-state index in [0.717, 1.165) is 38.2 Å².